The Bertz CT molecular complexity index is 284. The number of alkyl halides is 1. The van der Waals surface area contributed by atoms with E-state index in [4.69, 9.17) is 11.6 Å². The van der Waals surface area contributed by atoms with Gasteiger partial charge in [-0.3, -0.25) is 0 Å². The van der Waals surface area contributed by atoms with Crippen LogP contribution >= 0.6 is 11.6 Å². The van der Waals surface area contributed by atoms with E-state index in [0.29, 0.717) is 5.50 Å². The minimum absolute atomic E-state index is 0.615. The summed E-state index contributed by atoms with van der Waals surface area (Å²) < 4.78 is 0. The van der Waals surface area contributed by atoms with Crippen molar-refractivity contribution in [2.75, 3.05) is 5.50 Å². The summed E-state index contributed by atoms with van der Waals surface area (Å²) in [5.74, 6) is 0. The van der Waals surface area contributed by atoms with Crippen molar-refractivity contribution in [3.8, 4) is 0 Å². The first-order chi connectivity index (χ1) is 6.29. The summed E-state index contributed by atoms with van der Waals surface area (Å²) in [4.78, 5) is 0. The molecule has 0 saturated carbocycles. The maximum atomic E-state index is 5.98. The van der Waals surface area contributed by atoms with Crippen molar-refractivity contribution in [3.05, 3.63) is 54.9 Å². The van der Waals surface area contributed by atoms with Crippen LogP contribution in [0.5, 0.6) is 0 Å². The normalized spacial score (nSPS) is 10.8. The highest BCUT2D eigenvalue weighted by Gasteiger charge is 2.26. The molecule has 68 valence electrons. The summed E-state index contributed by atoms with van der Waals surface area (Å²) in [7, 11) is -1.80. The lowest BCUT2D eigenvalue weighted by atomic mass is 10.4. The van der Waals surface area contributed by atoms with Crippen LogP contribution in [-0.2, 0) is 0 Å². The third kappa shape index (κ3) is 1.93. The molecule has 0 fully saturated rings. The van der Waals surface area contributed by atoms with Gasteiger partial charge in [0.15, 0.2) is 0 Å². The summed E-state index contributed by atoms with van der Waals surface area (Å²) in [6.45, 7) is 7.71. The Kier molecular flexibility index (Phi) is 3.52. The molecule has 0 aliphatic rings. The molecule has 0 aliphatic carbocycles. The van der Waals surface area contributed by atoms with Crippen LogP contribution in [0.2, 0.25) is 0 Å². The fourth-order valence-corrected chi connectivity index (χ4v) is 4.19. The Morgan fingerprint density at radius 2 is 1.69 bits per heavy atom. The van der Waals surface area contributed by atoms with E-state index < -0.39 is 8.07 Å². The van der Waals surface area contributed by atoms with Gasteiger partial charge in [0.05, 0.1) is 0 Å². The van der Waals surface area contributed by atoms with E-state index in [2.05, 4.69) is 25.3 Å². The molecule has 1 aromatic carbocycles. The van der Waals surface area contributed by atoms with Gasteiger partial charge in [-0.25, -0.2) is 0 Å². The zero-order valence-corrected chi connectivity index (χ0v) is 9.30. The van der Waals surface area contributed by atoms with Crippen molar-refractivity contribution in [1.82, 2.24) is 0 Å². The standard InChI is InChI=1S/C11H13ClSi/c1-3-13(4-2,10-12)11-8-6-5-7-9-11/h3-9H,1-2,10H2. The number of rotatable bonds is 4. The molecule has 0 atom stereocenters. The summed E-state index contributed by atoms with van der Waals surface area (Å²) in [6, 6.07) is 10.2. The average Bonchev–Trinajstić information content (AvgIpc) is 2.23. The van der Waals surface area contributed by atoms with Crippen molar-refractivity contribution in [2.24, 2.45) is 0 Å². The highest BCUT2D eigenvalue weighted by atomic mass is 35.5. The third-order valence-corrected chi connectivity index (χ3v) is 6.90. The van der Waals surface area contributed by atoms with E-state index in [-0.39, 0.29) is 0 Å². The van der Waals surface area contributed by atoms with Crippen molar-refractivity contribution in [3.63, 3.8) is 0 Å². The predicted octanol–water partition coefficient (Wildman–Crippen LogP) is 2.57. The quantitative estimate of drug-likeness (QED) is 0.527. The first kappa shape index (κ1) is 10.3. The minimum Gasteiger partial charge on any atom is -0.129 e. The summed E-state index contributed by atoms with van der Waals surface area (Å²) in [5.41, 5.74) is 4.56. The van der Waals surface area contributed by atoms with Gasteiger partial charge in [-0.05, 0) is 5.19 Å². The van der Waals surface area contributed by atoms with E-state index >= 15 is 0 Å². The lowest BCUT2D eigenvalue weighted by Crippen LogP contribution is -2.46. The van der Waals surface area contributed by atoms with Crippen molar-refractivity contribution >= 4 is 24.9 Å². The molecular formula is C11H13ClSi. The summed E-state index contributed by atoms with van der Waals surface area (Å²) in [6.07, 6.45) is 0. The van der Waals surface area contributed by atoms with E-state index in [1.54, 1.807) is 0 Å². The molecule has 0 bridgehead atoms. The number of hydrogen-bond acceptors (Lipinski definition) is 0. The van der Waals surface area contributed by atoms with Crippen molar-refractivity contribution in [1.29, 1.82) is 0 Å². The van der Waals surface area contributed by atoms with Gasteiger partial charge in [0.25, 0.3) is 0 Å². The summed E-state index contributed by atoms with van der Waals surface area (Å²) >= 11 is 5.98. The third-order valence-electron chi connectivity index (χ3n) is 2.26. The molecule has 0 unspecified atom stereocenters. The molecule has 0 aromatic heterocycles. The van der Waals surface area contributed by atoms with Gasteiger partial charge < -0.3 is 0 Å². The Hall–Kier alpha value is -0.793. The molecule has 0 amide bonds. The van der Waals surface area contributed by atoms with Crippen molar-refractivity contribution < 1.29 is 0 Å². The number of benzene rings is 1. The van der Waals surface area contributed by atoms with Crippen LogP contribution in [0.1, 0.15) is 0 Å². The Morgan fingerprint density at radius 3 is 2.08 bits per heavy atom. The zero-order valence-electron chi connectivity index (χ0n) is 7.54. The Morgan fingerprint density at radius 1 is 1.15 bits per heavy atom. The molecule has 13 heavy (non-hydrogen) atoms. The van der Waals surface area contributed by atoms with Crippen LogP contribution in [-0.4, -0.2) is 13.6 Å². The number of halogens is 1. The second-order valence-electron chi connectivity index (χ2n) is 2.95. The molecule has 2 heteroatoms. The Balaban J connectivity index is 3.15. The predicted molar refractivity (Wildman–Crippen MR) is 62.9 cm³/mol. The summed E-state index contributed by atoms with van der Waals surface area (Å²) in [5, 5.41) is 1.27. The molecule has 0 N–H and O–H groups in total. The van der Waals surface area contributed by atoms with Crippen LogP contribution in [0.3, 0.4) is 0 Å². The maximum absolute atomic E-state index is 5.98. The van der Waals surface area contributed by atoms with E-state index in [0.717, 1.165) is 0 Å². The van der Waals surface area contributed by atoms with Gasteiger partial charge >= 0.3 is 0 Å². The Labute approximate surface area is 85.6 Å². The smallest absolute Gasteiger partial charge is 0.129 e. The monoisotopic (exact) mass is 208 g/mol. The van der Waals surface area contributed by atoms with Gasteiger partial charge in [-0.2, -0.15) is 0 Å². The zero-order chi connectivity index (χ0) is 9.73. The molecule has 1 aromatic rings. The lowest BCUT2D eigenvalue weighted by Gasteiger charge is -2.21. The average molecular weight is 209 g/mol. The first-order valence-electron chi connectivity index (χ1n) is 4.18. The lowest BCUT2D eigenvalue weighted by molar-refractivity contribution is 1.72. The second kappa shape index (κ2) is 4.45. The highest BCUT2D eigenvalue weighted by molar-refractivity contribution is 7.03. The van der Waals surface area contributed by atoms with Gasteiger partial charge in [0, 0.05) is 5.50 Å². The van der Waals surface area contributed by atoms with Crippen LogP contribution < -0.4 is 5.19 Å². The maximum Gasteiger partial charge on any atom is 0.147 e. The first-order valence-corrected chi connectivity index (χ1v) is 7.07. The van der Waals surface area contributed by atoms with Crippen LogP contribution in [0.15, 0.2) is 54.9 Å². The second-order valence-corrected chi connectivity index (χ2v) is 7.49. The molecule has 0 nitrogen and oxygen atoms in total. The highest BCUT2D eigenvalue weighted by Crippen LogP contribution is 2.08. The van der Waals surface area contributed by atoms with Gasteiger partial charge in [0.2, 0.25) is 0 Å². The molecular weight excluding hydrogens is 196 g/mol. The molecule has 0 saturated heterocycles. The van der Waals surface area contributed by atoms with Gasteiger partial charge in [-0.1, -0.05) is 41.7 Å². The van der Waals surface area contributed by atoms with Crippen LogP contribution in [0.25, 0.3) is 0 Å². The van der Waals surface area contributed by atoms with Crippen LogP contribution in [0, 0.1) is 0 Å². The largest absolute Gasteiger partial charge is 0.147 e. The van der Waals surface area contributed by atoms with Crippen LogP contribution in [0.4, 0.5) is 0 Å². The SMILES string of the molecule is C=C[Si](C=C)(CCl)c1ccccc1. The van der Waals surface area contributed by atoms with Gasteiger partial charge in [0.1, 0.15) is 8.07 Å². The van der Waals surface area contributed by atoms with Gasteiger partial charge in [-0.15, -0.1) is 24.8 Å². The van der Waals surface area contributed by atoms with E-state index in [9.17, 15) is 0 Å². The van der Waals surface area contributed by atoms with E-state index in [1.807, 2.05) is 29.6 Å². The molecule has 0 spiro atoms. The fraction of sp³-hybridized carbons (Fsp3) is 0.0909. The molecule has 0 aliphatic heterocycles. The van der Waals surface area contributed by atoms with Crippen molar-refractivity contribution in [2.45, 2.75) is 0 Å². The minimum atomic E-state index is -1.80. The topological polar surface area (TPSA) is 0 Å². The molecule has 0 radical (unpaired) electrons. The number of hydrogen-bond donors (Lipinski definition) is 0. The molecule has 0 heterocycles. The van der Waals surface area contributed by atoms with E-state index in [1.165, 1.54) is 5.19 Å². The molecule has 1 rings (SSSR count). The fourth-order valence-electron chi connectivity index (χ4n) is 1.25.